The first-order valence-corrected chi connectivity index (χ1v) is 19.5. The first-order valence-electron chi connectivity index (χ1n) is 19.5. The molecule has 58 heavy (non-hydrogen) atoms. The van der Waals surface area contributed by atoms with Crippen LogP contribution in [0.25, 0.3) is 101 Å². The number of rotatable bonds is 8. The maximum Gasteiger partial charge on any atom is 0.164 e. The molecule has 0 spiro atoms. The molecule has 10 aromatic rings. The van der Waals surface area contributed by atoms with E-state index in [2.05, 4.69) is 152 Å². The van der Waals surface area contributed by atoms with Crippen LogP contribution in [0, 0.1) is 0 Å². The van der Waals surface area contributed by atoms with Gasteiger partial charge in [-0.25, -0.2) is 19.9 Å². The third-order valence-corrected chi connectivity index (χ3v) is 10.5. The van der Waals surface area contributed by atoms with E-state index in [1.165, 1.54) is 16.7 Å². The highest BCUT2D eigenvalue weighted by Crippen LogP contribution is 2.37. The maximum atomic E-state index is 5.28. The fraction of sp³-hybridized carbons (Fsp3) is 0. The Labute approximate surface area is 337 Å². The van der Waals surface area contributed by atoms with Gasteiger partial charge in [-0.3, -0.25) is 0 Å². The lowest BCUT2D eigenvalue weighted by Crippen LogP contribution is -2.00. The van der Waals surface area contributed by atoms with E-state index in [9.17, 15) is 0 Å². The van der Waals surface area contributed by atoms with Crippen molar-refractivity contribution in [2.24, 2.45) is 0 Å². The van der Waals surface area contributed by atoms with E-state index in [1.54, 1.807) is 0 Å². The average Bonchev–Trinajstić information content (AvgIpc) is 3.32. The second kappa shape index (κ2) is 15.4. The second-order valence-electron chi connectivity index (χ2n) is 14.3. The fourth-order valence-corrected chi connectivity index (χ4v) is 7.53. The normalized spacial score (nSPS) is 11.1. The van der Waals surface area contributed by atoms with Crippen LogP contribution in [-0.2, 0) is 0 Å². The molecule has 0 amide bonds. The summed E-state index contributed by atoms with van der Waals surface area (Å²) in [6, 6.07) is 76.0. The molecule has 0 atom stereocenters. The predicted molar refractivity (Wildman–Crippen MR) is 239 cm³/mol. The van der Waals surface area contributed by atoms with Gasteiger partial charge in [-0.1, -0.05) is 188 Å². The van der Waals surface area contributed by atoms with E-state index in [4.69, 9.17) is 19.9 Å². The molecule has 0 N–H and O–H groups in total. The van der Waals surface area contributed by atoms with Crippen molar-refractivity contribution in [3.8, 4) is 89.9 Å². The molecule has 0 aliphatic heterocycles. The summed E-state index contributed by atoms with van der Waals surface area (Å²) in [5.41, 5.74) is 14.9. The van der Waals surface area contributed by atoms with Crippen LogP contribution < -0.4 is 0 Å². The van der Waals surface area contributed by atoms with Crippen molar-refractivity contribution < 1.29 is 0 Å². The molecular formula is C54H36N4. The van der Waals surface area contributed by atoms with Crippen molar-refractivity contribution in [3.63, 3.8) is 0 Å². The lowest BCUT2D eigenvalue weighted by atomic mass is 9.93. The van der Waals surface area contributed by atoms with Crippen LogP contribution in [-0.4, -0.2) is 19.9 Å². The van der Waals surface area contributed by atoms with Gasteiger partial charge < -0.3 is 0 Å². The molecule has 0 aliphatic carbocycles. The van der Waals surface area contributed by atoms with E-state index in [1.807, 2.05) is 66.7 Å². The van der Waals surface area contributed by atoms with Crippen molar-refractivity contribution in [1.82, 2.24) is 19.9 Å². The molecule has 10 rings (SSSR count). The Kier molecular flexibility index (Phi) is 9.18. The Balaban J connectivity index is 1.10. The van der Waals surface area contributed by atoms with Crippen LogP contribution in [0.4, 0.5) is 0 Å². The number of hydrogen-bond donors (Lipinski definition) is 0. The first-order chi connectivity index (χ1) is 28.7. The van der Waals surface area contributed by atoms with Crippen molar-refractivity contribution in [2.75, 3.05) is 0 Å². The molecule has 8 aromatic carbocycles. The van der Waals surface area contributed by atoms with Crippen molar-refractivity contribution >= 4 is 10.9 Å². The third kappa shape index (κ3) is 7.07. The molecule has 0 aliphatic rings. The van der Waals surface area contributed by atoms with Crippen LogP contribution in [0.1, 0.15) is 0 Å². The Bertz CT molecular complexity index is 2960. The molecule has 0 unspecified atom stereocenters. The van der Waals surface area contributed by atoms with E-state index in [0.29, 0.717) is 17.5 Å². The summed E-state index contributed by atoms with van der Waals surface area (Å²) in [5, 5.41) is 1.08. The summed E-state index contributed by atoms with van der Waals surface area (Å²) in [7, 11) is 0. The SMILES string of the molecule is c1ccc(-c2cccc(-c3ccc4nc(-c5cccc(-c6ccccc6)c5)cc(-c5ccc(-c6nc(-c7ccccc7)nc(-c7ccccc7)n6)cc5)c4c3)c2)cc1. The highest BCUT2D eigenvalue weighted by molar-refractivity contribution is 5.99. The summed E-state index contributed by atoms with van der Waals surface area (Å²) < 4.78 is 0. The van der Waals surface area contributed by atoms with E-state index >= 15 is 0 Å². The first kappa shape index (κ1) is 34.7. The maximum absolute atomic E-state index is 5.28. The summed E-state index contributed by atoms with van der Waals surface area (Å²) in [5.74, 6) is 1.90. The third-order valence-electron chi connectivity index (χ3n) is 10.5. The average molecular weight is 741 g/mol. The van der Waals surface area contributed by atoms with Gasteiger partial charge in [0.05, 0.1) is 11.2 Å². The smallest absolute Gasteiger partial charge is 0.164 e. The predicted octanol–water partition coefficient (Wildman–Crippen LogP) is 13.8. The largest absolute Gasteiger partial charge is 0.248 e. The molecule has 2 aromatic heterocycles. The van der Waals surface area contributed by atoms with Gasteiger partial charge in [0.25, 0.3) is 0 Å². The fourth-order valence-electron chi connectivity index (χ4n) is 7.53. The molecule has 4 heteroatoms. The molecule has 4 nitrogen and oxygen atoms in total. The number of aromatic nitrogens is 4. The molecular weight excluding hydrogens is 705 g/mol. The van der Waals surface area contributed by atoms with Gasteiger partial charge in [0, 0.05) is 27.6 Å². The quantitative estimate of drug-likeness (QED) is 0.156. The summed E-state index contributed by atoms with van der Waals surface area (Å²) >= 11 is 0. The zero-order chi connectivity index (χ0) is 38.7. The summed E-state index contributed by atoms with van der Waals surface area (Å²) in [6.07, 6.45) is 0. The highest BCUT2D eigenvalue weighted by Gasteiger charge is 2.15. The summed E-state index contributed by atoms with van der Waals surface area (Å²) in [6.45, 7) is 0. The number of pyridine rings is 1. The lowest BCUT2D eigenvalue weighted by molar-refractivity contribution is 1.07. The zero-order valence-corrected chi connectivity index (χ0v) is 31.6. The summed E-state index contributed by atoms with van der Waals surface area (Å²) in [4.78, 5) is 20.1. The van der Waals surface area contributed by atoms with Gasteiger partial charge in [0.2, 0.25) is 0 Å². The lowest BCUT2D eigenvalue weighted by Gasteiger charge is -2.14. The Morgan fingerprint density at radius 1 is 0.224 bits per heavy atom. The molecule has 0 saturated carbocycles. The molecule has 0 bridgehead atoms. The molecule has 272 valence electrons. The minimum atomic E-state index is 0.623. The monoisotopic (exact) mass is 740 g/mol. The number of nitrogens with zero attached hydrogens (tertiary/aromatic N) is 4. The van der Waals surface area contributed by atoms with Gasteiger partial charge in [0.15, 0.2) is 17.5 Å². The number of benzene rings is 8. The minimum absolute atomic E-state index is 0.623. The van der Waals surface area contributed by atoms with Crippen molar-refractivity contribution in [1.29, 1.82) is 0 Å². The Morgan fingerprint density at radius 3 is 1.10 bits per heavy atom. The van der Waals surface area contributed by atoms with E-state index in [-0.39, 0.29) is 0 Å². The molecule has 0 fully saturated rings. The standard InChI is InChI=1S/C54H36N4/c1-5-15-37(16-6-1)43-23-13-25-45(33-43)46-31-32-50-49(35-46)48(36-51(55-50)47-26-14-24-44(34-47)38-17-7-2-8-18-38)39-27-29-42(30-28-39)54-57-52(40-19-9-3-10-20-40)56-53(58-54)41-21-11-4-12-22-41/h1-36H. The van der Waals surface area contributed by atoms with E-state index in [0.717, 1.165) is 66.7 Å². The molecule has 0 radical (unpaired) electrons. The van der Waals surface area contributed by atoms with Crippen LogP contribution in [0.15, 0.2) is 218 Å². The topological polar surface area (TPSA) is 51.6 Å². The van der Waals surface area contributed by atoms with E-state index < -0.39 is 0 Å². The number of fused-ring (bicyclic) bond motifs is 1. The number of hydrogen-bond acceptors (Lipinski definition) is 4. The second-order valence-corrected chi connectivity index (χ2v) is 14.3. The van der Waals surface area contributed by atoms with Gasteiger partial charge >= 0.3 is 0 Å². The Morgan fingerprint density at radius 2 is 0.586 bits per heavy atom. The van der Waals surface area contributed by atoms with Crippen LogP contribution in [0.2, 0.25) is 0 Å². The van der Waals surface area contributed by atoms with Gasteiger partial charge in [-0.2, -0.15) is 0 Å². The van der Waals surface area contributed by atoms with Crippen LogP contribution in [0.3, 0.4) is 0 Å². The zero-order valence-electron chi connectivity index (χ0n) is 31.6. The molecule has 0 saturated heterocycles. The highest BCUT2D eigenvalue weighted by atomic mass is 15.0. The van der Waals surface area contributed by atoms with Crippen LogP contribution in [0.5, 0.6) is 0 Å². The van der Waals surface area contributed by atoms with Crippen molar-refractivity contribution in [3.05, 3.63) is 218 Å². The van der Waals surface area contributed by atoms with Gasteiger partial charge in [-0.15, -0.1) is 0 Å². The van der Waals surface area contributed by atoms with Gasteiger partial charge in [0.1, 0.15) is 0 Å². The van der Waals surface area contributed by atoms with Gasteiger partial charge in [-0.05, 0) is 74.8 Å². The molecule has 2 heterocycles. The minimum Gasteiger partial charge on any atom is -0.248 e. The van der Waals surface area contributed by atoms with Crippen LogP contribution >= 0.6 is 0 Å². The van der Waals surface area contributed by atoms with Crippen molar-refractivity contribution in [2.45, 2.75) is 0 Å². The Hall–Kier alpha value is -7.82.